The molecule has 2 rings (SSSR count). The van der Waals surface area contributed by atoms with Crippen molar-refractivity contribution in [3.63, 3.8) is 0 Å². The van der Waals surface area contributed by atoms with E-state index in [0.717, 1.165) is 6.07 Å². The van der Waals surface area contributed by atoms with Crippen molar-refractivity contribution in [1.82, 2.24) is 0 Å². The van der Waals surface area contributed by atoms with Crippen molar-refractivity contribution in [3.8, 4) is 11.5 Å². The number of anilines is 1. The Morgan fingerprint density at radius 3 is 2.67 bits per heavy atom. The van der Waals surface area contributed by atoms with Crippen LogP contribution in [0.15, 0.2) is 42.5 Å². The number of amides is 1. The molecule has 0 spiro atoms. The second-order valence-electron chi connectivity index (χ2n) is 4.15. The van der Waals surface area contributed by atoms with Crippen molar-refractivity contribution in [2.45, 2.75) is 0 Å². The quantitative estimate of drug-likeness (QED) is 0.665. The largest absolute Gasteiger partial charge is 0.508 e. The summed E-state index contributed by atoms with van der Waals surface area (Å²) in [6.07, 6.45) is 0. The fourth-order valence-corrected chi connectivity index (χ4v) is 1.76. The summed E-state index contributed by atoms with van der Waals surface area (Å²) in [4.78, 5) is 22.3. The van der Waals surface area contributed by atoms with E-state index in [2.05, 4.69) is 5.32 Å². The molecule has 0 heterocycles. The lowest BCUT2D eigenvalue weighted by Gasteiger charge is -2.07. The van der Waals surface area contributed by atoms with Gasteiger partial charge in [0, 0.05) is 23.4 Å². The van der Waals surface area contributed by atoms with Gasteiger partial charge in [-0.3, -0.25) is 14.9 Å². The lowest BCUT2D eigenvalue weighted by Crippen LogP contribution is -2.12. The number of nitrogens with one attached hydrogen (secondary N) is 1. The van der Waals surface area contributed by atoms with Crippen LogP contribution in [-0.4, -0.2) is 23.0 Å². The van der Waals surface area contributed by atoms with E-state index < -0.39 is 10.8 Å². The summed E-state index contributed by atoms with van der Waals surface area (Å²) in [7, 11) is 1.31. The number of nitro groups is 1. The first-order valence-corrected chi connectivity index (χ1v) is 5.94. The number of nitro benzene ring substituents is 1. The zero-order valence-corrected chi connectivity index (χ0v) is 11.1. The molecule has 2 N–H and O–H groups in total. The number of hydrogen-bond acceptors (Lipinski definition) is 5. The summed E-state index contributed by atoms with van der Waals surface area (Å²) in [5.74, 6) is -0.436. The number of phenols is 1. The summed E-state index contributed by atoms with van der Waals surface area (Å²) in [6, 6.07) is 9.91. The number of carbonyl (C=O) groups is 1. The summed E-state index contributed by atoms with van der Waals surface area (Å²) in [5, 5.41) is 22.8. The van der Waals surface area contributed by atoms with E-state index in [1.807, 2.05) is 0 Å². The number of nitrogens with zero attached hydrogens (tertiary/aromatic N) is 1. The fraction of sp³-hybridized carbons (Fsp3) is 0.0714. The van der Waals surface area contributed by atoms with E-state index >= 15 is 0 Å². The van der Waals surface area contributed by atoms with Crippen LogP contribution in [-0.2, 0) is 0 Å². The van der Waals surface area contributed by atoms with E-state index in [0.29, 0.717) is 5.69 Å². The van der Waals surface area contributed by atoms with Crippen LogP contribution >= 0.6 is 0 Å². The maximum Gasteiger partial charge on any atom is 0.311 e. The molecule has 0 aromatic heterocycles. The molecule has 0 aliphatic rings. The van der Waals surface area contributed by atoms with Gasteiger partial charge in [-0.05, 0) is 24.3 Å². The Kier molecular flexibility index (Phi) is 4.03. The minimum atomic E-state index is -0.621. The number of carbonyl (C=O) groups excluding carboxylic acids is 1. The first-order valence-electron chi connectivity index (χ1n) is 5.94. The van der Waals surface area contributed by atoms with Gasteiger partial charge in [0.2, 0.25) is 0 Å². The molecule has 0 radical (unpaired) electrons. The lowest BCUT2D eigenvalue weighted by molar-refractivity contribution is -0.385. The van der Waals surface area contributed by atoms with E-state index in [-0.39, 0.29) is 22.7 Å². The maximum atomic E-state index is 12.0. The molecule has 108 valence electrons. The van der Waals surface area contributed by atoms with Crippen LogP contribution in [0, 0.1) is 10.1 Å². The molecular formula is C14H12N2O5. The molecule has 7 nitrogen and oxygen atoms in total. The molecule has 0 saturated heterocycles. The van der Waals surface area contributed by atoms with Gasteiger partial charge in [0.05, 0.1) is 12.0 Å². The van der Waals surface area contributed by atoms with E-state index in [4.69, 9.17) is 4.74 Å². The lowest BCUT2D eigenvalue weighted by atomic mass is 10.1. The average molecular weight is 288 g/mol. The smallest absolute Gasteiger partial charge is 0.311 e. The minimum absolute atomic E-state index is 0.00788. The average Bonchev–Trinajstić information content (AvgIpc) is 2.46. The van der Waals surface area contributed by atoms with Crippen LogP contribution in [0.1, 0.15) is 10.4 Å². The summed E-state index contributed by atoms with van der Waals surface area (Å²) < 4.78 is 4.87. The van der Waals surface area contributed by atoms with Crippen molar-refractivity contribution in [3.05, 3.63) is 58.1 Å². The highest BCUT2D eigenvalue weighted by atomic mass is 16.6. The summed E-state index contributed by atoms with van der Waals surface area (Å²) >= 11 is 0. The van der Waals surface area contributed by atoms with Crippen LogP contribution in [0.4, 0.5) is 11.4 Å². The van der Waals surface area contributed by atoms with Crippen LogP contribution in [0.5, 0.6) is 11.5 Å². The van der Waals surface area contributed by atoms with Crippen molar-refractivity contribution in [2.24, 2.45) is 0 Å². The third-order valence-electron chi connectivity index (χ3n) is 2.74. The Bertz CT molecular complexity index is 700. The summed E-state index contributed by atoms with van der Waals surface area (Å²) in [5.41, 5.74) is 0.213. The molecule has 0 atom stereocenters. The van der Waals surface area contributed by atoms with Crippen molar-refractivity contribution in [2.75, 3.05) is 12.4 Å². The fourth-order valence-electron chi connectivity index (χ4n) is 1.76. The first-order chi connectivity index (χ1) is 10.0. The van der Waals surface area contributed by atoms with E-state index in [1.54, 1.807) is 12.1 Å². The monoisotopic (exact) mass is 288 g/mol. The highest BCUT2D eigenvalue weighted by molar-refractivity contribution is 6.04. The zero-order chi connectivity index (χ0) is 15.4. The first kappa shape index (κ1) is 14.3. The Morgan fingerprint density at radius 1 is 1.29 bits per heavy atom. The van der Waals surface area contributed by atoms with Gasteiger partial charge >= 0.3 is 5.69 Å². The standard InChI is InChI=1S/C14H12N2O5/c1-21-13-6-5-9(7-12(13)16(19)20)14(18)15-10-3-2-4-11(17)8-10/h2-8,17H,1H3,(H,15,18). The van der Waals surface area contributed by atoms with E-state index in [9.17, 15) is 20.0 Å². The number of aromatic hydroxyl groups is 1. The molecule has 2 aromatic carbocycles. The highest BCUT2D eigenvalue weighted by Crippen LogP contribution is 2.28. The van der Waals surface area contributed by atoms with Crippen LogP contribution in [0.25, 0.3) is 0 Å². The minimum Gasteiger partial charge on any atom is -0.508 e. The van der Waals surface area contributed by atoms with Crippen molar-refractivity contribution >= 4 is 17.3 Å². The second-order valence-corrected chi connectivity index (χ2v) is 4.15. The molecule has 7 heteroatoms. The normalized spacial score (nSPS) is 9.95. The van der Waals surface area contributed by atoms with Crippen molar-refractivity contribution in [1.29, 1.82) is 0 Å². The van der Waals surface area contributed by atoms with E-state index in [1.165, 1.54) is 31.4 Å². The number of phenolic OH excluding ortho intramolecular Hbond substituents is 1. The molecule has 2 aromatic rings. The maximum absolute atomic E-state index is 12.0. The number of hydrogen-bond donors (Lipinski definition) is 2. The molecule has 0 aliphatic carbocycles. The van der Waals surface area contributed by atoms with Gasteiger partial charge in [0.15, 0.2) is 5.75 Å². The third kappa shape index (κ3) is 3.27. The Morgan fingerprint density at radius 2 is 2.05 bits per heavy atom. The Balaban J connectivity index is 2.27. The summed E-state index contributed by atoms with van der Waals surface area (Å²) in [6.45, 7) is 0. The predicted molar refractivity (Wildman–Crippen MR) is 75.7 cm³/mol. The topological polar surface area (TPSA) is 102 Å². The van der Waals surface area contributed by atoms with Gasteiger partial charge in [-0.2, -0.15) is 0 Å². The molecule has 0 bridgehead atoms. The van der Waals surface area contributed by atoms with Gasteiger partial charge in [-0.1, -0.05) is 6.07 Å². The zero-order valence-electron chi connectivity index (χ0n) is 11.1. The van der Waals surface area contributed by atoms with Crippen LogP contribution < -0.4 is 10.1 Å². The number of benzene rings is 2. The molecule has 1 amide bonds. The van der Waals surface area contributed by atoms with Gasteiger partial charge in [-0.15, -0.1) is 0 Å². The number of rotatable bonds is 4. The highest BCUT2D eigenvalue weighted by Gasteiger charge is 2.18. The van der Waals surface area contributed by atoms with Gasteiger partial charge in [0.25, 0.3) is 5.91 Å². The molecule has 0 unspecified atom stereocenters. The van der Waals surface area contributed by atoms with Crippen molar-refractivity contribution < 1.29 is 19.6 Å². The number of methoxy groups -OCH3 is 1. The molecule has 0 saturated carbocycles. The molecule has 0 aliphatic heterocycles. The van der Waals surface area contributed by atoms with Crippen LogP contribution in [0.3, 0.4) is 0 Å². The molecular weight excluding hydrogens is 276 g/mol. The third-order valence-corrected chi connectivity index (χ3v) is 2.74. The second kappa shape index (κ2) is 5.91. The van der Waals surface area contributed by atoms with Gasteiger partial charge in [0.1, 0.15) is 5.75 Å². The molecule has 21 heavy (non-hydrogen) atoms. The number of ether oxygens (including phenoxy) is 1. The predicted octanol–water partition coefficient (Wildman–Crippen LogP) is 2.56. The Hall–Kier alpha value is -3.09. The molecule has 0 fully saturated rings. The SMILES string of the molecule is COc1ccc(C(=O)Nc2cccc(O)c2)cc1[N+](=O)[O-]. The Labute approximate surface area is 119 Å². The van der Waals surface area contributed by atoms with Crippen LogP contribution in [0.2, 0.25) is 0 Å². The van der Waals surface area contributed by atoms with Gasteiger partial charge in [-0.25, -0.2) is 0 Å². The van der Waals surface area contributed by atoms with Gasteiger partial charge < -0.3 is 15.2 Å².